The highest BCUT2D eigenvalue weighted by molar-refractivity contribution is 6.30. The van der Waals surface area contributed by atoms with Gasteiger partial charge in [-0.05, 0) is 47.7 Å². The fraction of sp³-hybridized carbons (Fsp3) is 0.211. The van der Waals surface area contributed by atoms with Gasteiger partial charge in [0.15, 0.2) is 0 Å². The summed E-state index contributed by atoms with van der Waals surface area (Å²) in [5.74, 6) is -0.301. The second-order valence-electron chi connectivity index (χ2n) is 6.10. The van der Waals surface area contributed by atoms with Crippen LogP contribution in [-0.2, 0) is 0 Å². The first-order valence-electron chi connectivity index (χ1n) is 7.70. The Kier molecular flexibility index (Phi) is 3.38. The number of carbonyl (C=O) groups is 1. The Morgan fingerprint density at radius 2 is 2.00 bits per heavy atom. The molecule has 0 unspecified atom stereocenters. The van der Waals surface area contributed by atoms with Crippen LogP contribution in [0.25, 0.3) is 0 Å². The SMILES string of the molecule is O=C(O)c1ccccc1[C@@H]1Nc2ccc(Cl)cc2[C@@H]2C=CC[C@@H]21. The van der Waals surface area contributed by atoms with Crippen LogP contribution in [0.4, 0.5) is 5.69 Å². The van der Waals surface area contributed by atoms with Gasteiger partial charge in [0.25, 0.3) is 0 Å². The summed E-state index contributed by atoms with van der Waals surface area (Å²) in [4.78, 5) is 11.6. The Morgan fingerprint density at radius 1 is 1.17 bits per heavy atom. The lowest BCUT2D eigenvalue weighted by molar-refractivity contribution is 0.0694. The topological polar surface area (TPSA) is 49.3 Å². The molecule has 0 spiro atoms. The first-order chi connectivity index (χ1) is 11.1. The first kappa shape index (κ1) is 14.3. The molecule has 2 aliphatic rings. The van der Waals surface area contributed by atoms with Crippen molar-refractivity contribution < 1.29 is 9.90 Å². The van der Waals surface area contributed by atoms with E-state index in [1.165, 1.54) is 5.56 Å². The summed E-state index contributed by atoms with van der Waals surface area (Å²) < 4.78 is 0. The number of aromatic carboxylic acids is 1. The van der Waals surface area contributed by atoms with E-state index in [0.717, 1.165) is 22.7 Å². The van der Waals surface area contributed by atoms with Crippen molar-refractivity contribution in [2.24, 2.45) is 5.92 Å². The lowest BCUT2D eigenvalue weighted by Crippen LogP contribution is -2.30. The molecule has 0 radical (unpaired) electrons. The second-order valence-corrected chi connectivity index (χ2v) is 6.54. The average Bonchev–Trinajstić information content (AvgIpc) is 3.04. The number of hydrogen-bond acceptors (Lipinski definition) is 2. The smallest absolute Gasteiger partial charge is 0.336 e. The number of rotatable bonds is 2. The summed E-state index contributed by atoms with van der Waals surface area (Å²) in [6, 6.07) is 13.1. The van der Waals surface area contributed by atoms with E-state index in [0.29, 0.717) is 11.5 Å². The summed E-state index contributed by atoms with van der Waals surface area (Å²) in [5, 5.41) is 13.8. The third-order valence-electron chi connectivity index (χ3n) is 4.85. The molecule has 2 N–H and O–H groups in total. The number of nitrogens with one attached hydrogen (secondary N) is 1. The number of fused-ring (bicyclic) bond motifs is 3. The maximum atomic E-state index is 11.6. The molecule has 0 saturated heterocycles. The predicted octanol–water partition coefficient (Wildman–Crippen LogP) is 4.86. The van der Waals surface area contributed by atoms with Crippen molar-refractivity contribution in [1.82, 2.24) is 0 Å². The maximum absolute atomic E-state index is 11.6. The fourth-order valence-electron chi connectivity index (χ4n) is 3.84. The van der Waals surface area contributed by atoms with E-state index in [2.05, 4.69) is 17.5 Å². The molecule has 0 amide bonds. The summed E-state index contributed by atoms with van der Waals surface area (Å²) in [6.07, 6.45) is 5.34. The minimum Gasteiger partial charge on any atom is -0.478 e. The molecule has 0 aromatic heterocycles. The minimum absolute atomic E-state index is 0.0176. The van der Waals surface area contributed by atoms with Crippen molar-refractivity contribution in [3.63, 3.8) is 0 Å². The van der Waals surface area contributed by atoms with E-state index in [4.69, 9.17) is 11.6 Å². The number of allylic oxidation sites excluding steroid dienone is 2. The van der Waals surface area contributed by atoms with Gasteiger partial charge in [0.05, 0.1) is 11.6 Å². The molecule has 0 fully saturated rings. The Hall–Kier alpha value is -2.26. The van der Waals surface area contributed by atoms with Gasteiger partial charge >= 0.3 is 5.97 Å². The summed E-state index contributed by atoms with van der Waals surface area (Å²) >= 11 is 6.16. The van der Waals surface area contributed by atoms with Crippen molar-refractivity contribution in [2.45, 2.75) is 18.4 Å². The third-order valence-corrected chi connectivity index (χ3v) is 5.09. The number of halogens is 1. The van der Waals surface area contributed by atoms with E-state index < -0.39 is 5.97 Å². The first-order valence-corrected chi connectivity index (χ1v) is 8.08. The van der Waals surface area contributed by atoms with Crippen LogP contribution in [0.2, 0.25) is 5.02 Å². The Morgan fingerprint density at radius 3 is 2.83 bits per heavy atom. The molecule has 3 nitrogen and oxygen atoms in total. The Labute approximate surface area is 139 Å². The maximum Gasteiger partial charge on any atom is 0.336 e. The Bertz CT molecular complexity index is 815. The molecule has 4 rings (SSSR count). The van der Waals surface area contributed by atoms with Crippen molar-refractivity contribution in [3.8, 4) is 0 Å². The van der Waals surface area contributed by atoms with Crippen molar-refractivity contribution in [3.05, 3.63) is 76.3 Å². The van der Waals surface area contributed by atoms with E-state index >= 15 is 0 Å². The molecule has 1 aliphatic heterocycles. The fourth-order valence-corrected chi connectivity index (χ4v) is 4.02. The molecule has 116 valence electrons. The van der Waals surface area contributed by atoms with Gasteiger partial charge in [-0.1, -0.05) is 42.0 Å². The van der Waals surface area contributed by atoms with Gasteiger partial charge in [-0.15, -0.1) is 0 Å². The van der Waals surface area contributed by atoms with E-state index in [1.807, 2.05) is 30.3 Å². The van der Waals surface area contributed by atoms with Crippen LogP contribution in [0.15, 0.2) is 54.6 Å². The van der Waals surface area contributed by atoms with Crippen molar-refractivity contribution in [1.29, 1.82) is 0 Å². The predicted molar refractivity (Wildman–Crippen MR) is 91.2 cm³/mol. The number of carboxylic acids is 1. The van der Waals surface area contributed by atoms with Gasteiger partial charge < -0.3 is 10.4 Å². The van der Waals surface area contributed by atoms with Crippen LogP contribution in [-0.4, -0.2) is 11.1 Å². The van der Waals surface area contributed by atoms with Crippen LogP contribution in [0, 0.1) is 5.92 Å². The average molecular weight is 326 g/mol. The molecule has 4 heteroatoms. The quantitative estimate of drug-likeness (QED) is 0.775. The van der Waals surface area contributed by atoms with Gasteiger partial charge in [-0.3, -0.25) is 0 Å². The number of benzene rings is 2. The van der Waals surface area contributed by atoms with Gasteiger partial charge in [0, 0.05) is 16.6 Å². The summed E-state index contributed by atoms with van der Waals surface area (Å²) in [5.41, 5.74) is 3.44. The lowest BCUT2D eigenvalue weighted by Gasteiger charge is -2.38. The third kappa shape index (κ3) is 2.32. The second kappa shape index (κ2) is 5.43. The molecule has 1 heterocycles. The standard InChI is InChI=1S/C19H16ClNO2/c20-11-8-9-17-16(10-11)12-6-3-7-13(12)18(21-17)14-4-1-2-5-15(14)19(22)23/h1-6,8-10,12-13,18,21H,7H2,(H,22,23)/t12-,13+,18-/m1/s1. The molecular weight excluding hydrogens is 310 g/mol. The zero-order valence-electron chi connectivity index (χ0n) is 12.4. The van der Waals surface area contributed by atoms with Gasteiger partial charge in [-0.2, -0.15) is 0 Å². The molecule has 0 bridgehead atoms. The molecule has 0 saturated carbocycles. The lowest BCUT2D eigenvalue weighted by atomic mass is 9.76. The monoisotopic (exact) mass is 325 g/mol. The van der Waals surface area contributed by atoms with E-state index in [9.17, 15) is 9.90 Å². The van der Waals surface area contributed by atoms with Crippen LogP contribution in [0.5, 0.6) is 0 Å². The Balaban J connectivity index is 1.83. The zero-order chi connectivity index (χ0) is 16.0. The highest BCUT2D eigenvalue weighted by Gasteiger charge is 2.39. The minimum atomic E-state index is -0.883. The highest BCUT2D eigenvalue weighted by atomic mass is 35.5. The van der Waals surface area contributed by atoms with Crippen molar-refractivity contribution >= 4 is 23.3 Å². The van der Waals surface area contributed by atoms with Crippen molar-refractivity contribution in [2.75, 3.05) is 5.32 Å². The number of carboxylic acid groups (broad SMARTS) is 1. The van der Waals surface area contributed by atoms with Crippen LogP contribution < -0.4 is 5.32 Å². The largest absolute Gasteiger partial charge is 0.478 e. The zero-order valence-corrected chi connectivity index (χ0v) is 13.1. The van der Waals surface area contributed by atoms with Gasteiger partial charge in [0.1, 0.15) is 0 Å². The van der Waals surface area contributed by atoms with Crippen LogP contribution in [0.1, 0.15) is 39.9 Å². The van der Waals surface area contributed by atoms with E-state index in [1.54, 1.807) is 12.1 Å². The molecular formula is C19H16ClNO2. The van der Waals surface area contributed by atoms with Crippen LogP contribution >= 0.6 is 11.6 Å². The molecule has 1 aliphatic carbocycles. The number of hydrogen-bond donors (Lipinski definition) is 2. The summed E-state index contributed by atoms with van der Waals surface area (Å²) in [6.45, 7) is 0. The normalized spacial score (nSPS) is 24.7. The van der Waals surface area contributed by atoms with Crippen LogP contribution in [0.3, 0.4) is 0 Å². The molecule has 2 aromatic rings. The van der Waals surface area contributed by atoms with Gasteiger partial charge in [0.2, 0.25) is 0 Å². The van der Waals surface area contributed by atoms with Gasteiger partial charge in [-0.25, -0.2) is 4.79 Å². The highest BCUT2D eigenvalue weighted by Crippen LogP contribution is 2.50. The summed E-state index contributed by atoms with van der Waals surface area (Å²) in [7, 11) is 0. The molecule has 23 heavy (non-hydrogen) atoms. The molecule has 3 atom stereocenters. The number of anilines is 1. The van der Waals surface area contributed by atoms with E-state index in [-0.39, 0.29) is 12.0 Å². The molecule has 2 aromatic carbocycles.